The van der Waals surface area contributed by atoms with Crippen molar-refractivity contribution in [3.63, 3.8) is 0 Å². The number of pyridine rings is 1. The molecule has 0 bridgehead atoms. The molecular weight excluding hydrogens is 487 g/mol. The second kappa shape index (κ2) is 10.6. The molecule has 190 valence electrons. The summed E-state index contributed by atoms with van der Waals surface area (Å²) in [6, 6.07) is 11.2. The van der Waals surface area contributed by atoms with Gasteiger partial charge >= 0.3 is 0 Å². The van der Waals surface area contributed by atoms with Crippen molar-refractivity contribution in [2.24, 2.45) is 5.92 Å². The normalized spacial score (nSPS) is 20.1. The minimum absolute atomic E-state index is 0.0204. The largest absolute Gasteiger partial charge is 0.482 e. The Kier molecular flexibility index (Phi) is 7.25. The predicted octanol–water partition coefficient (Wildman–Crippen LogP) is 2.60. The molecule has 2 aromatic carbocycles. The molecule has 3 N–H and O–H groups in total. The Balaban J connectivity index is 1.19. The molecule has 1 amide bonds. The van der Waals surface area contributed by atoms with Gasteiger partial charge in [-0.15, -0.1) is 0 Å². The number of ether oxygens (including phenoxy) is 1. The van der Waals surface area contributed by atoms with Crippen molar-refractivity contribution in [3.8, 4) is 5.75 Å². The molecule has 1 saturated heterocycles. The maximum absolute atomic E-state index is 13.8. The van der Waals surface area contributed by atoms with E-state index in [-0.39, 0.29) is 29.8 Å². The lowest BCUT2D eigenvalue weighted by Crippen LogP contribution is -2.47. The molecule has 0 saturated carbocycles. The Labute approximate surface area is 212 Å². The van der Waals surface area contributed by atoms with Gasteiger partial charge in [-0.2, -0.15) is 0 Å². The lowest BCUT2D eigenvalue weighted by molar-refractivity contribution is -0.118. The van der Waals surface area contributed by atoms with E-state index < -0.39 is 6.10 Å². The van der Waals surface area contributed by atoms with Crippen LogP contribution in [0, 0.1) is 11.7 Å². The Bertz CT molecular complexity index is 1350. The first kappa shape index (κ1) is 24.7. The molecule has 0 unspecified atom stereocenters. The van der Waals surface area contributed by atoms with E-state index in [1.165, 1.54) is 18.2 Å². The Morgan fingerprint density at radius 2 is 1.97 bits per heavy atom. The van der Waals surface area contributed by atoms with E-state index >= 15 is 0 Å². The van der Waals surface area contributed by atoms with Gasteiger partial charge in [0.1, 0.15) is 11.6 Å². The number of amides is 1. The van der Waals surface area contributed by atoms with Crippen LogP contribution < -0.4 is 20.9 Å². The number of likely N-dealkylation sites (tertiary alicyclic amines) is 1. The summed E-state index contributed by atoms with van der Waals surface area (Å²) in [6.07, 6.45) is 0.206. The smallest absolute Gasteiger partial charge is 0.262 e. The van der Waals surface area contributed by atoms with Gasteiger partial charge in [0.15, 0.2) is 6.61 Å². The summed E-state index contributed by atoms with van der Waals surface area (Å²) in [7, 11) is 0. The minimum Gasteiger partial charge on any atom is -0.482 e. The predicted molar refractivity (Wildman–Crippen MR) is 136 cm³/mol. The number of rotatable bonds is 7. The van der Waals surface area contributed by atoms with Crippen molar-refractivity contribution in [1.82, 2.24) is 14.8 Å². The lowest BCUT2D eigenvalue weighted by atomic mass is 9.95. The van der Waals surface area contributed by atoms with Crippen LogP contribution in [0.2, 0.25) is 5.02 Å². The number of aliphatic hydroxyl groups is 1. The van der Waals surface area contributed by atoms with Crippen LogP contribution in [0.4, 0.5) is 10.1 Å². The number of fused-ring (bicyclic) bond motifs is 2. The molecule has 3 heterocycles. The van der Waals surface area contributed by atoms with Crippen molar-refractivity contribution in [2.45, 2.75) is 25.6 Å². The summed E-state index contributed by atoms with van der Waals surface area (Å²) in [5, 5.41) is 18.0. The molecule has 1 fully saturated rings. The average Bonchev–Trinajstić information content (AvgIpc) is 2.83. The number of carbonyl (C=O) groups is 1. The maximum atomic E-state index is 13.8. The number of carbonyl (C=O) groups excluding carboxylic acids is 1. The van der Waals surface area contributed by atoms with E-state index in [1.807, 2.05) is 6.07 Å². The summed E-state index contributed by atoms with van der Waals surface area (Å²) in [5.41, 5.74) is 1.85. The third kappa shape index (κ3) is 5.54. The fourth-order valence-electron chi connectivity index (χ4n) is 5.03. The zero-order valence-electron chi connectivity index (χ0n) is 19.7. The topological polar surface area (TPSA) is 95.8 Å². The van der Waals surface area contributed by atoms with Crippen molar-refractivity contribution in [3.05, 3.63) is 69.2 Å². The van der Waals surface area contributed by atoms with Gasteiger partial charge in [0.25, 0.3) is 11.5 Å². The highest BCUT2D eigenvalue weighted by Crippen LogP contribution is 2.33. The summed E-state index contributed by atoms with van der Waals surface area (Å²) in [6.45, 7) is 3.42. The molecule has 8 nitrogen and oxygen atoms in total. The van der Waals surface area contributed by atoms with Gasteiger partial charge in [-0.3, -0.25) is 14.5 Å². The third-order valence-electron chi connectivity index (χ3n) is 6.72. The van der Waals surface area contributed by atoms with E-state index in [9.17, 15) is 19.1 Å². The molecule has 10 heteroatoms. The summed E-state index contributed by atoms with van der Waals surface area (Å²) < 4.78 is 20.8. The summed E-state index contributed by atoms with van der Waals surface area (Å²) in [5.74, 6) is 0.184. The number of halogens is 2. The van der Waals surface area contributed by atoms with E-state index in [2.05, 4.69) is 15.5 Å². The molecule has 2 aliphatic heterocycles. The van der Waals surface area contributed by atoms with E-state index in [4.69, 9.17) is 16.3 Å². The quantitative estimate of drug-likeness (QED) is 0.448. The second-order valence-electron chi connectivity index (χ2n) is 9.45. The van der Waals surface area contributed by atoms with Crippen molar-refractivity contribution in [1.29, 1.82) is 0 Å². The number of benzene rings is 2. The average molecular weight is 515 g/mol. The number of aromatic nitrogens is 1. The van der Waals surface area contributed by atoms with Gasteiger partial charge in [0.05, 0.1) is 17.3 Å². The molecule has 1 aromatic heterocycles. The second-order valence-corrected chi connectivity index (χ2v) is 9.86. The SMILES string of the molecule is O=C1COc2cc(Cl)c(CNC[C@@H]3C[C@H](O)CN(CCn4c(=O)ccc5ccc(F)cc54)C3)cc2N1. The molecule has 5 rings (SSSR count). The van der Waals surface area contributed by atoms with E-state index in [1.54, 1.807) is 22.8 Å². The van der Waals surface area contributed by atoms with Crippen molar-refractivity contribution in [2.75, 3.05) is 38.1 Å². The van der Waals surface area contributed by atoms with Crippen molar-refractivity contribution >= 4 is 34.1 Å². The first-order chi connectivity index (χ1) is 17.4. The molecular formula is C26H28ClFN4O4. The molecule has 0 spiro atoms. The fraction of sp³-hybridized carbons (Fsp3) is 0.385. The highest BCUT2D eigenvalue weighted by atomic mass is 35.5. The number of aliphatic hydroxyl groups excluding tert-OH is 1. The molecule has 2 atom stereocenters. The van der Waals surface area contributed by atoms with Crippen LogP contribution in [-0.2, 0) is 17.9 Å². The number of nitrogens with one attached hydrogen (secondary N) is 2. The highest BCUT2D eigenvalue weighted by Gasteiger charge is 2.26. The summed E-state index contributed by atoms with van der Waals surface area (Å²) in [4.78, 5) is 26.2. The first-order valence-corrected chi connectivity index (χ1v) is 12.4. The number of hydrogen-bond donors (Lipinski definition) is 3. The van der Waals surface area contributed by atoms with Crippen molar-refractivity contribution < 1.29 is 19.0 Å². The Morgan fingerprint density at radius 1 is 1.14 bits per heavy atom. The van der Waals surface area contributed by atoms with Crippen LogP contribution in [0.5, 0.6) is 5.75 Å². The first-order valence-electron chi connectivity index (χ1n) is 12.0. The number of nitrogens with zero attached hydrogens (tertiary/aromatic N) is 2. The van der Waals surface area contributed by atoms with Crippen LogP contribution in [0.3, 0.4) is 0 Å². The standard InChI is InChI=1S/C26H28ClFN4O4/c27-21-10-24-22(30-25(34)15-36-24)8-18(21)12-29-11-16-7-20(33)14-31(13-16)5-6-32-23-9-19(28)3-1-17(23)2-4-26(32)35/h1-4,8-10,16,20,29,33H,5-7,11-15H2,(H,30,34)/t16-,20-/m0/s1. The van der Waals surface area contributed by atoms with Crippen LogP contribution in [0.1, 0.15) is 12.0 Å². The molecule has 2 aliphatic rings. The van der Waals surface area contributed by atoms with Gasteiger partial charge in [-0.05, 0) is 60.2 Å². The molecule has 0 radical (unpaired) electrons. The fourth-order valence-corrected chi connectivity index (χ4v) is 5.25. The highest BCUT2D eigenvalue weighted by molar-refractivity contribution is 6.31. The zero-order chi connectivity index (χ0) is 25.2. The Morgan fingerprint density at radius 3 is 2.83 bits per heavy atom. The van der Waals surface area contributed by atoms with Crippen LogP contribution >= 0.6 is 11.6 Å². The van der Waals surface area contributed by atoms with Gasteiger partial charge in [-0.25, -0.2) is 4.39 Å². The van der Waals surface area contributed by atoms with Crippen LogP contribution in [0.15, 0.2) is 47.3 Å². The van der Waals surface area contributed by atoms with E-state index in [0.717, 1.165) is 17.5 Å². The monoisotopic (exact) mass is 514 g/mol. The van der Waals surface area contributed by atoms with Gasteiger partial charge in [0, 0.05) is 49.9 Å². The number of β-amino-alcohol motifs (C(OH)–C–C–N with tert-alkyl or cyclic N) is 1. The molecule has 0 aliphatic carbocycles. The van der Waals surface area contributed by atoms with Gasteiger partial charge < -0.3 is 25.0 Å². The number of anilines is 1. The lowest BCUT2D eigenvalue weighted by Gasteiger charge is -2.36. The maximum Gasteiger partial charge on any atom is 0.262 e. The third-order valence-corrected chi connectivity index (χ3v) is 7.07. The number of piperidine rings is 1. The number of hydrogen-bond acceptors (Lipinski definition) is 6. The Hall–Kier alpha value is -2.98. The van der Waals surface area contributed by atoms with Crippen LogP contribution in [-0.4, -0.2) is 59.4 Å². The summed E-state index contributed by atoms with van der Waals surface area (Å²) >= 11 is 6.40. The molecule has 36 heavy (non-hydrogen) atoms. The minimum atomic E-state index is -0.466. The van der Waals surface area contributed by atoms with Gasteiger partial charge in [0.2, 0.25) is 0 Å². The van der Waals surface area contributed by atoms with Gasteiger partial charge in [-0.1, -0.05) is 11.6 Å². The zero-order valence-corrected chi connectivity index (χ0v) is 20.4. The van der Waals surface area contributed by atoms with Crippen LogP contribution in [0.25, 0.3) is 10.9 Å². The van der Waals surface area contributed by atoms with E-state index in [0.29, 0.717) is 61.1 Å². The molecule has 3 aromatic rings.